The number of benzene rings is 1. The van der Waals surface area contributed by atoms with E-state index in [1.807, 2.05) is 13.0 Å². The van der Waals surface area contributed by atoms with Gasteiger partial charge in [0.05, 0.1) is 23.8 Å². The normalized spacial score (nSPS) is 11.8. The maximum atomic E-state index is 12.3. The number of methoxy groups -OCH3 is 1. The molecular formula is C17H20BrNO3. The van der Waals surface area contributed by atoms with E-state index in [0.717, 1.165) is 0 Å². The lowest BCUT2D eigenvalue weighted by atomic mass is 9.86. The third-order valence-electron chi connectivity index (χ3n) is 2.89. The van der Waals surface area contributed by atoms with Crippen LogP contribution in [0, 0.1) is 16.7 Å². The zero-order valence-corrected chi connectivity index (χ0v) is 15.1. The van der Waals surface area contributed by atoms with Gasteiger partial charge in [-0.2, -0.15) is 5.26 Å². The Morgan fingerprint density at radius 1 is 1.41 bits per heavy atom. The second kappa shape index (κ2) is 7.46. The van der Waals surface area contributed by atoms with E-state index in [-0.39, 0.29) is 11.4 Å². The number of nitrogens with zero attached hydrogens (tertiary/aromatic N) is 1. The predicted molar refractivity (Wildman–Crippen MR) is 89.9 cm³/mol. The molecular weight excluding hydrogens is 346 g/mol. The molecule has 4 nitrogen and oxygen atoms in total. The van der Waals surface area contributed by atoms with Gasteiger partial charge in [0.25, 0.3) is 0 Å². The number of ketones is 1. The minimum absolute atomic E-state index is 0.118. The number of hydrogen-bond acceptors (Lipinski definition) is 4. The lowest BCUT2D eigenvalue weighted by molar-refractivity contribution is -0.121. The van der Waals surface area contributed by atoms with Gasteiger partial charge in [-0.05, 0) is 46.6 Å². The first-order chi connectivity index (χ1) is 10.2. The minimum atomic E-state index is -0.603. The number of nitriles is 1. The van der Waals surface area contributed by atoms with Gasteiger partial charge >= 0.3 is 0 Å². The van der Waals surface area contributed by atoms with E-state index in [1.54, 1.807) is 46.1 Å². The minimum Gasteiger partial charge on any atom is -0.492 e. The molecule has 118 valence electrons. The monoisotopic (exact) mass is 365 g/mol. The van der Waals surface area contributed by atoms with Crippen molar-refractivity contribution >= 4 is 27.8 Å². The highest BCUT2D eigenvalue weighted by Crippen LogP contribution is 2.37. The van der Waals surface area contributed by atoms with Crippen molar-refractivity contribution in [3.05, 3.63) is 27.7 Å². The molecule has 0 N–H and O–H groups in total. The highest BCUT2D eigenvalue weighted by atomic mass is 79.9. The van der Waals surface area contributed by atoms with Crippen molar-refractivity contribution in [1.82, 2.24) is 0 Å². The number of hydrogen-bond donors (Lipinski definition) is 0. The first-order valence-electron chi connectivity index (χ1n) is 6.91. The van der Waals surface area contributed by atoms with Crippen LogP contribution in [0.2, 0.25) is 0 Å². The standard InChI is InChI=1S/C17H20BrNO3/c1-6-22-14-9-11(8-13(18)15(14)21-5)7-12(10-19)16(20)17(2,3)4/h7-9H,6H2,1-5H3/b12-7+. The summed E-state index contributed by atoms with van der Waals surface area (Å²) in [5.74, 6) is 0.950. The third kappa shape index (κ3) is 4.35. The van der Waals surface area contributed by atoms with Crippen LogP contribution in [-0.4, -0.2) is 19.5 Å². The summed E-state index contributed by atoms with van der Waals surface area (Å²) < 4.78 is 11.5. The van der Waals surface area contributed by atoms with Crippen molar-refractivity contribution in [2.45, 2.75) is 27.7 Å². The van der Waals surface area contributed by atoms with Crippen LogP contribution in [0.5, 0.6) is 11.5 Å². The van der Waals surface area contributed by atoms with Crippen molar-refractivity contribution in [2.75, 3.05) is 13.7 Å². The summed E-state index contributed by atoms with van der Waals surface area (Å²) >= 11 is 3.41. The quantitative estimate of drug-likeness (QED) is 0.573. The second-order valence-electron chi connectivity index (χ2n) is 5.72. The molecule has 0 aliphatic carbocycles. The fraction of sp³-hybridized carbons (Fsp3) is 0.412. The van der Waals surface area contributed by atoms with Gasteiger partial charge < -0.3 is 9.47 Å². The zero-order chi connectivity index (χ0) is 16.9. The summed E-state index contributed by atoms with van der Waals surface area (Å²) in [6, 6.07) is 5.52. The molecule has 1 aromatic carbocycles. The second-order valence-corrected chi connectivity index (χ2v) is 6.57. The van der Waals surface area contributed by atoms with Crippen molar-refractivity contribution in [2.24, 2.45) is 5.41 Å². The average molecular weight is 366 g/mol. The Labute approximate surface area is 139 Å². The molecule has 5 heteroatoms. The summed E-state index contributed by atoms with van der Waals surface area (Å²) in [4.78, 5) is 12.3. The van der Waals surface area contributed by atoms with Crippen LogP contribution in [0.15, 0.2) is 22.2 Å². The molecule has 0 aliphatic rings. The summed E-state index contributed by atoms with van der Waals surface area (Å²) in [6.45, 7) is 7.73. The van der Waals surface area contributed by atoms with Crippen molar-refractivity contribution in [1.29, 1.82) is 5.26 Å². The van der Waals surface area contributed by atoms with E-state index in [2.05, 4.69) is 15.9 Å². The van der Waals surface area contributed by atoms with E-state index in [0.29, 0.717) is 28.1 Å². The van der Waals surface area contributed by atoms with E-state index < -0.39 is 5.41 Å². The Kier molecular flexibility index (Phi) is 6.19. The number of allylic oxidation sites excluding steroid dienone is 1. The van der Waals surface area contributed by atoms with Gasteiger partial charge in [0.15, 0.2) is 17.3 Å². The molecule has 0 fully saturated rings. The Balaban J connectivity index is 3.35. The van der Waals surface area contributed by atoms with Crippen LogP contribution in [0.3, 0.4) is 0 Å². The molecule has 1 aromatic rings. The highest BCUT2D eigenvalue weighted by Gasteiger charge is 2.25. The summed E-state index contributed by atoms with van der Waals surface area (Å²) in [6.07, 6.45) is 1.57. The third-order valence-corrected chi connectivity index (χ3v) is 3.48. The van der Waals surface area contributed by atoms with Gasteiger partial charge in [0, 0.05) is 5.41 Å². The van der Waals surface area contributed by atoms with Crippen molar-refractivity contribution in [3.63, 3.8) is 0 Å². The molecule has 0 saturated heterocycles. The van der Waals surface area contributed by atoms with Crippen LogP contribution in [0.1, 0.15) is 33.3 Å². The fourth-order valence-corrected chi connectivity index (χ4v) is 2.47. The SMILES string of the molecule is CCOc1cc(/C=C(\C#N)C(=O)C(C)(C)C)cc(Br)c1OC. The van der Waals surface area contributed by atoms with Crippen LogP contribution in [0.25, 0.3) is 6.08 Å². The molecule has 0 saturated carbocycles. The number of carbonyl (C=O) groups is 1. The first-order valence-corrected chi connectivity index (χ1v) is 7.70. The number of carbonyl (C=O) groups excluding carboxylic acids is 1. The molecule has 22 heavy (non-hydrogen) atoms. The molecule has 0 heterocycles. The number of halogens is 1. The molecule has 0 spiro atoms. The van der Waals surface area contributed by atoms with Crippen LogP contribution < -0.4 is 9.47 Å². The Bertz CT molecular complexity index is 637. The molecule has 0 aliphatic heterocycles. The lowest BCUT2D eigenvalue weighted by Crippen LogP contribution is -2.21. The van der Waals surface area contributed by atoms with Crippen LogP contribution in [-0.2, 0) is 4.79 Å². The van der Waals surface area contributed by atoms with Crippen LogP contribution in [0.4, 0.5) is 0 Å². The van der Waals surface area contributed by atoms with Gasteiger partial charge in [-0.1, -0.05) is 20.8 Å². The van der Waals surface area contributed by atoms with Crippen LogP contribution >= 0.6 is 15.9 Å². The largest absolute Gasteiger partial charge is 0.492 e. The van der Waals surface area contributed by atoms with Gasteiger partial charge in [-0.25, -0.2) is 0 Å². The smallest absolute Gasteiger partial charge is 0.178 e. The van der Waals surface area contributed by atoms with E-state index in [9.17, 15) is 10.1 Å². The van der Waals surface area contributed by atoms with Gasteiger partial charge in [-0.3, -0.25) is 4.79 Å². The molecule has 0 aromatic heterocycles. The summed E-state index contributed by atoms with van der Waals surface area (Å²) in [5, 5.41) is 9.26. The topological polar surface area (TPSA) is 59.3 Å². The molecule has 0 atom stereocenters. The summed E-state index contributed by atoms with van der Waals surface area (Å²) in [7, 11) is 1.56. The summed E-state index contributed by atoms with van der Waals surface area (Å²) in [5.41, 5.74) is 0.214. The highest BCUT2D eigenvalue weighted by molar-refractivity contribution is 9.10. The maximum Gasteiger partial charge on any atom is 0.178 e. The van der Waals surface area contributed by atoms with E-state index in [1.165, 1.54) is 0 Å². The number of rotatable bonds is 5. The first kappa shape index (κ1) is 18.2. The van der Waals surface area contributed by atoms with Crippen molar-refractivity contribution in [3.8, 4) is 17.6 Å². The van der Waals surface area contributed by atoms with Gasteiger partial charge in [0.1, 0.15) is 6.07 Å². The molecule has 0 bridgehead atoms. The maximum absolute atomic E-state index is 12.3. The molecule has 0 amide bonds. The number of ether oxygens (including phenoxy) is 2. The molecule has 0 radical (unpaired) electrons. The molecule has 1 rings (SSSR count). The van der Waals surface area contributed by atoms with Crippen molar-refractivity contribution < 1.29 is 14.3 Å². The predicted octanol–water partition coefficient (Wildman–Crippen LogP) is 4.38. The number of Topliss-reactive ketones (excluding diaryl/α,β-unsaturated/α-hetero) is 1. The fourth-order valence-electron chi connectivity index (χ4n) is 1.85. The average Bonchev–Trinajstić information content (AvgIpc) is 2.43. The Morgan fingerprint density at radius 2 is 2.05 bits per heavy atom. The van der Waals surface area contributed by atoms with Gasteiger partial charge in [0.2, 0.25) is 0 Å². The Hall–Kier alpha value is -1.80. The lowest BCUT2D eigenvalue weighted by Gasteiger charge is -2.16. The Morgan fingerprint density at radius 3 is 2.50 bits per heavy atom. The van der Waals surface area contributed by atoms with E-state index >= 15 is 0 Å². The van der Waals surface area contributed by atoms with E-state index in [4.69, 9.17) is 9.47 Å². The molecule has 0 unspecified atom stereocenters. The zero-order valence-electron chi connectivity index (χ0n) is 13.5. The van der Waals surface area contributed by atoms with Gasteiger partial charge in [-0.15, -0.1) is 0 Å².